The average Bonchev–Trinajstić information content (AvgIpc) is 2.21. The van der Waals surface area contributed by atoms with Crippen LogP contribution in [0.15, 0.2) is 18.2 Å². The molecule has 0 aliphatic heterocycles. The van der Waals surface area contributed by atoms with Gasteiger partial charge in [0.05, 0.1) is 17.6 Å². The zero-order valence-corrected chi connectivity index (χ0v) is 9.20. The molecule has 16 heavy (non-hydrogen) atoms. The predicted octanol–water partition coefficient (Wildman–Crippen LogP) is 2.86. The Balaban J connectivity index is 2.31. The standard InChI is InChI=1S/C13H14FNO/c1-9-3-4-10(7-11(9)14)12(16)13(8-15)5-2-6-13/h3-4,7,12,16H,2,5-6H2,1H3. The second-order valence-electron chi connectivity index (χ2n) is 4.53. The van der Waals surface area contributed by atoms with Gasteiger partial charge in [-0.2, -0.15) is 5.26 Å². The van der Waals surface area contributed by atoms with E-state index in [1.54, 1.807) is 19.1 Å². The van der Waals surface area contributed by atoms with Crippen molar-refractivity contribution in [1.82, 2.24) is 0 Å². The van der Waals surface area contributed by atoms with E-state index < -0.39 is 11.5 Å². The molecular weight excluding hydrogens is 205 g/mol. The third-order valence-electron chi connectivity index (χ3n) is 3.50. The Kier molecular flexibility index (Phi) is 2.69. The highest BCUT2D eigenvalue weighted by Crippen LogP contribution is 2.49. The Morgan fingerprint density at radius 1 is 1.50 bits per heavy atom. The minimum Gasteiger partial charge on any atom is -0.387 e. The first-order valence-corrected chi connectivity index (χ1v) is 5.44. The summed E-state index contributed by atoms with van der Waals surface area (Å²) in [5, 5.41) is 19.2. The summed E-state index contributed by atoms with van der Waals surface area (Å²) < 4.78 is 13.4. The molecule has 1 aliphatic rings. The number of hydrogen-bond donors (Lipinski definition) is 1. The Morgan fingerprint density at radius 3 is 2.62 bits per heavy atom. The van der Waals surface area contributed by atoms with Crippen LogP contribution in [0.4, 0.5) is 4.39 Å². The van der Waals surface area contributed by atoms with E-state index in [1.807, 2.05) is 0 Å². The summed E-state index contributed by atoms with van der Waals surface area (Å²) in [5.41, 5.74) is 0.363. The molecule has 1 saturated carbocycles. The average molecular weight is 219 g/mol. The SMILES string of the molecule is Cc1ccc(C(O)C2(C#N)CCC2)cc1F. The van der Waals surface area contributed by atoms with Crippen LogP contribution in [-0.4, -0.2) is 5.11 Å². The van der Waals surface area contributed by atoms with Crippen LogP contribution in [0.25, 0.3) is 0 Å². The number of aryl methyl sites for hydroxylation is 1. The molecule has 3 heteroatoms. The van der Waals surface area contributed by atoms with Crippen molar-refractivity contribution in [2.24, 2.45) is 5.41 Å². The highest BCUT2D eigenvalue weighted by Gasteiger charge is 2.44. The molecule has 0 amide bonds. The van der Waals surface area contributed by atoms with Crippen LogP contribution in [-0.2, 0) is 0 Å². The van der Waals surface area contributed by atoms with Crippen LogP contribution < -0.4 is 0 Å². The van der Waals surface area contributed by atoms with Crippen molar-refractivity contribution in [3.63, 3.8) is 0 Å². The first-order chi connectivity index (χ1) is 7.59. The van der Waals surface area contributed by atoms with Gasteiger partial charge in [-0.1, -0.05) is 18.6 Å². The molecule has 0 radical (unpaired) electrons. The molecule has 1 N–H and O–H groups in total. The molecule has 0 heterocycles. The van der Waals surface area contributed by atoms with Gasteiger partial charge in [0.25, 0.3) is 0 Å². The highest BCUT2D eigenvalue weighted by molar-refractivity contribution is 5.28. The van der Waals surface area contributed by atoms with Gasteiger partial charge in [-0.3, -0.25) is 0 Å². The maximum atomic E-state index is 13.4. The first kappa shape index (κ1) is 11.1. The van der Waals surface area contributed by atoms with Gasteiger partial charge in [0.2, 0.25) is 0 Å². The summed E-state index contributed by atoms with van der Waals surface area (Å²) in [7, 11) is 0. The summed E-state index contributed by atoms with van der Waals surface area (Å²) in [6, 6.07) is 6.84. The number of nitrogens with zero attached hydrogens (tertiary/aromatic N) is 1. The van der Waals surface area contributed by atoms with E-state index in [-0.39, 0.29) is 5.82 Å². The van der Waals surface area contributed by atoms with Crippen LogP contribution in [0, 0.1) is 29.5 Å². The fourth-order valence-electron chi connectivity index (χ4n) is 2.10. The van der Waals surface area contributed by atoms with Gasteiger partial charge in [0, 0.05) is 0 Å². The molecule has 2 rings (SSSR count). The van der Waals surface area contributed by atoms with Crippen LogP contribution >= 0.6 is 0 Å². The van der Waals surface area contributed by atoms with E-state index >= 15 is 0 Å². The van der Waals surface area contributed by atoms with Crippen molar-refractivity contribution < 1.29 is 9.50 Å². The van der Waals surface area contributed by atoms with Gasteiger partial charge in [-0.05, 0) is 37.0 Å². The summed E-state index contributed by atoms with van der Waals surface area (Å²) in [5.74, 6) is -0.330. The van der Waals surface area contributed by atoms with E-state index in [9.17, 15) is 9.50 Å². The van der Waals surface area contributed by atoms with Crippen LogP contribution in [0.1, 0.15) is 36.5 Å². The highest BCUT2D eigenvalue weighted by atomic mass is 19.1. The maximum Gasteiger partial charge on any atom is 0.126 e. The van der Waals surface area contributed by atoms with E-state index in [0.29, 0.717) is 24.0 Å². The Labute approximate surface area is 94.3 Å². The van der Waals surface area contributed by atoms with Crippen molar-refractivity contribution in [1.29, 1.82) is 5.26 Å². The number of nitriles is 1. The first-order valence-electron chi connectivity index (χ1n) is 5.44. The lowest BCUT2D eigenvalue weighted by Gasteiger charge is -2.39. The summed E-state index contributed by atoms with van der Waals surface area (Å²) >= 11 is 0. The van der Waals surface area contributed by atoms with Crippen LogP contribution in [0.5, 0.6) is 0 Å². The van der Waals surface area contributed by atoms with E-state index in [4.69, 9.17) is 5.26 Å². The second kappa shape index (κ2) is 3.88. The number of rotatable bonds is 2. The predicted molar refractivity (Wildman–Crippen MR) is 58.0 cm³/mol. The Bertz CT molecular complexity index is 446. The topological polar surface area (TPSA) is 44.0 Å². The maximum absolute atomic E-state index is 13.4. The molecule has 1 aliphatic carbocycles. The second-order valence-corrected chi connectivity index (χ2v) is 4.53. The Morgan fingerprint density at radius 2 is 2.19 bits per heavy atom. The number of hydrogen-bond acceptors (Lipinski definition) is 2. The molecule has 0 bridgehead atoms. The summed E-state index contributed by atoms with van der Waals surface area (Å²) in [6.45, 7) is 1.68. The van der Waals surface area contributed by atoms with Gasteiger partial charge < -0.3 is 5.11 Å². The fraction of sp³-hybridized carbons (Fsp3) is 0.462. The van der Waals surface area contributed by atoms with Crippen molar-refractivity contribution in [2.75, 3.05) is 0 Å². The van der Waals surface area contributed by atoms with Crippen molar-refractivity contribution in [2.45, 2.75) is 32.3 Å². The van der Waals surface area contributed by atoms with Crippen LogP contribution in [0.2, 0.25) is 0 Å². The lowest BCUT2D eigenvalue weighted by Crippen LogP contribution is -2.34. The van der Waals surface area contributed by atoms with Gasteiger partial charge in [0.15, 0.2) is 0 Å². The fourth-order valence-corrected chi connectivity index (χ4v) is 2.10. The zero-order valence-electron chi connectivity index (χ0n) is 9.20. The number of halogens is 1. The van der Waals surface area contributed by atoms with E-state index in [0.717, 1.165) is 6.42 Å². The largest absolute Gasteiger partial charge is 0.387 e. The van der Waals surface area contributed by atoms with E-state index in [1.165, 1.54) is 6.07 Å². The third-order valence-corrected chi connectivity index (χ3v) is 3.50. The van der Waals surface area contributed by atoms with Crippen molar-refractivity contribution >= 4 is 0 Å². The van der Waals surface area contributed by atoms with Crippen LogP contribution in [0.3, 0.4) is 0 Å². The third kappa shape index (κ3) is 1.60. The minimum atomic E-state index is -0.874. The van der Waals surface area contributed by atoms with Crippen molar-refractivity contribution in [3.05, 3.63) is 35.1 Å². The monoisotopic (exact) mass is 219 g/mol. The quantitative estimate of drug-likeness (QED) is 0.831. The molecule has 0 spiro atoms. The molecular formula is C13H14FNO. The molecule has 2 nitrogen and oxygen atoms in total. The van der Waals surface area contributed by atoms with Gasteiger partial charge in [0.1, 0.15) is 5.82 Å². The number of aliphatic hydroxyl groups excluding tert-OH is 1. The lowest BCUT2D eigenvalue weighted by atomic mass is 9.64. The zero-order chi connectivity index (χ0) is 11.8. The molecule has 0 saturated heterocycles. The normalized spacial score (nSPS) is 19.6. The lowest BCUT2D eigenvalue weighted by molar-refractivity contribution is 0.00776. The van der Waals surface area contributed by atoms with Gasteiger partial charge in [-0.15, -0.1) is 0 Å². The van der Waals surface area contributed by atoms with Gasteiger partial charge >= 0.3 is 0 Å². The van der Waals surface area contributed by atoms with Gasteiger partial charge in [-0.25, -0.2) is 4.39 Å². The molecule has 1 unspecified atom stereocenters. The number of aliphatic hydroxyl groups is 1. The molecule has 1 fully saturated rings. The summed E-state index contributed by atoms with van der Waals surface area (Å²) in [6.07, 6.45) is 1.47. The molecule has 1 aromatic carbocycles. The molecule has 0 aromatic heterocycles. The molecule has 84 valence electrons. The number of benzene rings is 1. The minimum absolute atomic E-state index is 0.330. The summed E-state index contributed by atoms with van der Waals surface area (Å²) in [4.78, 5) is 0. The smallest absolute Gasteiger partial charge is 0.126 e. The van der Waals surface area contributed by atoms with Crippen molar-refractivity contribution in [3.8, 4) is 6.07 Å². The van der Waals surface area contributed by atoms with E-state index in [2.05, 4.69) is 6.07 Å². The Hall–Kier alpha value is -1.40. The molecule has 1 aromatic rings. The molecule has 1 atom stereocenters.